The van der Waals surface area contributed by atoms with E-state index in [0.717, 1.165) is 51.3 Å². The number of fused-ring (bicyclic) bond motifs is 2. The molecule has 0 unspecified atom stereocenters. The fourth-order valence-electron chi connectivity index (χ4n) is 6.74. The molecule has 0 aromatic heterocycles. The Morgan fingerprint density at radius 3 is 2.08 bits per heavy atom. The molecule has 3 aromatic carbocycles. The Hall–Kier alpha value is -3.73. The summed E-state index contributed by atoms with van der Waals surface area (Å²) in [6.45, 7) is 8.55. The van der Waals surface area contributed by atoms with Crippen LogP contribution in [-0.2, 0) is 19.3 Å². The number of hydrogen-bond acceptors (Lipinski definition) is 5. The largest absolute Gasteiger partial charge is 0.508 e. The van der Waals surface area contributed by atoms with E-state index in [1.807, 2.05) is 12.1 Å². The molecule has 5 nitrogen and oxygen atoms in total. The Morgan fingerprint density at radius 2 is 1.38 bits per heavy atom. The van der Waals surface area contributed by atoms with E-state index in [1.165, 1.54) is 28.9 Å². The van der Waals surface area contributed by atoms with E-state index in [1.54, 1.807) is 0 Å². The normalized spacial score (nSPS) is 22.2. The minimum atomic E-state index is 0.326. The second kappa shape index (κ2) is 11.8. The molecular weight excluding hydrogens is 492 g/mol. The van der Waals surface area contributed by atoms with Crippen molar-refractivity contribution in [1.82, 2.24) is 14.7 Å². The van der Waals surface area contributed by atoms with Crippen molar-refractivity contribution in [2.45, 2.75) is 57.7 Å². The van der Waals surface area contributed by atoms with Crippen molar-refractivity contribution in [3.05, 3.63) is 114 Å². The van der Waals surface area contributed by atoms with Gasteiger partial charge in [0, 0.05) is 31.8 Å². The SMILES string of the molecule is CC(C)C[C@H]1CN2C(=CC3=NC[C@H](Cc4ccccc4)N3C[C@@H]2Cc2ccc(O)cc2)N1CCc1ccccc1. The van der Waals surface area contributed by atoms with Crippen LogP contribution in [0.5, 0.6) is 5.75 Å². The summed E-state index contributed by atoms with van der Waals surface area (Å²) in [5.74, 6) is 3.45. The number of amidine groups is 1. The number of phenols is 1. The average molecular weight is 535 g/mol. The first-order chi connectivity index (χ1) is 19.5. The smallest absolute Gasteiger partial charge is 0.127 e. The molecule has 40 heavy (non-hydrogen) atoms. The van der Waals surface area contributed by atoms with Crippen molar-refractivity contribution in [1.29, 1.82) is 0 Å². The Labute approximate surface area is 239 Å². The summed E-state index contributed by atoms with van der Waals surface area (Å²) < 4.78 is 0. The second-order valence-corrected chi connectivity index (χ2v) is 12.1. The molecule has 0 aliphatic carbocycles. The highest BCUT2D eigenvalue weighted by Crippen LogP contribution is 2.35. The highest BCUT2D eigenvalue weighted by atomic mass is 16.3. The molecular formula is C35H42N4O. The van der Waals surface area contributed by atoms with E-state index in [4.69, 9.17) is 4.99 Å². The van der Waals surface area contributed by atoms with Crippen molar-refractivity contribution < 1.29 is 5.11 Å². The van der Waals surface area contributed by atoms with Gasteiger partial charge in [-0.05, 0) is 60.4 Å². The van der Waals surface area contributed by atoms with E-state index in [0.29, 0.717) is 29.8 Å². The number of nitrogens with zero attached hydrogens (tertiary/aromatic N) is 4. The van der Waals surface area contributed by atoms with Crippen LogP contribution in [0.4, 0.5) is 0 Å². The van der Waals surface area contributed by atoms with Gasteiger partial charge in [0.2, 0.25) is 0 Å². The topological polar surface area (TPSA) is 42.3 Å². The third-order valence-corrected chi connectivity index (χ3v) is 8.69. The zero-order valence-corrected chi connectivity index (χ0v) is 23.9. The predicted molar refractivity (Wildman–Crippen MR) is 163 cm³/mol. The predicted octanol–water partition coefficient (Wildman–Crippen LogP) is 5.76. The lowest BCUT2D eigenvalue weighted by Gasteiger charge is -2.34. The maximum atomic E-state index is 9.91. The van der Waals surface area contributed by atoms with Crippen molar-refractivity contribution in [3.63, 3.8) is 0 Å². The minimum absolute atomic E-state index is 0.326. The maximum Gasteiger partial charge on any atom is 0.127 e. The first kappa shape index (κ1) is 26.5. The Bertz CT molecular complexity index is 1320. The molecule has 6 rings (SSSR count). The van der Waals surface area contributed by atoms with Crippen LogP contribution >= 0.6 is 0 Å². The molecule has 5 heteroatoms. The molecule has 0 spiro atoms. The van der Waals surface area contributed by atoms with Gasteiger partial charge in [-0.25, -0.2) is 0 Å². The summed E-state index contributed by atoms with van der Waals surface area (Å²) in [7, 11) is 0. The van der Waals surface area contributed by atoms with Gasteiger partial charge in [-0.15, -0.1) is 0 Å². The second-order valence-electron chi connectivity index (χ2n) is 12.1. The highest BCUT2D eigenvalue weighted by molar-refractivity contribution is 5.95. The lowest BCUT2D eigenvalue weighted by Crippen LogP contribution is -2.46. The zero-order chi connectivity index (χ0) is 27.5. The van der Waals surface area contributed by atoms with E-state index in [2.05, 4.69) is 107 Å². The first-order valence-corrected chi connectivity index (χ1v) is 15.0. The van der Waals surface area contributed by atoms with Crippen LogP contribution < -0.4 is 0 Å². The molecule has 0 amide bonds. The van der Waals surface area contributed by atoms with Crippen molar-refractivity contribution in [2.75, 3.05) is 26.2 Å². The van der Waals surface area contributed by atoms with Gasteiger partial charge in [0.25, 0.3) is 0 Å². The van der Waals surface area contributed by atoms with Gasteiger partial charge in [0.15, 0.2) is 0 Å². The van der Waals surface area contributed by atoms with E-state index >= 15 is 0 Å². The molecule has 208 valence electrons. The van der Waals surface area contributed by atoms with Crippen molar-refractivity contribution in [3.8, 4) is 5.75 Å². The fraction of sp³-hybridized carbons (Fsp3) is 0.400. The lowest BCUT2D eigenvalue weighted by atomic mass is 10.0. The summed E-state index contributed by atoms with van der Waals surface area (Å²) >= 11 is 0. The van der Waals surface area contributed by atoms with Crippen LogP contribution in [-0.4, -0.2) is 69.9 Å². The molecule has 1 N–H and O–H groups in total. The van der Waals surface area contributed by atoms with Crippen LogP contribution in [0.3, 0.4) is 0 Å². The number of benzene rings is 3. The number of hydrogen-bond donors (Lipinski definition) is 1. The van der Waals surface area contributed by atoms with Crippen LogP contribution in [0, 0.1) is 5.92 Å². The van der Waals surface area contributed by atoms with Crippen molar-refractivity contribution >= 4 is 5.84 Å². The van der Waals surface area contributed by atoms with Gasteiger partial charge in [-0.3, -0.25) is 4.99 Å². The summed E-state index contributed by atoms with van der Waals surface area (Å²) in [5, 5.41) is 9.91. The average Bonchev–Trinajstić information content (AvgIpc) is 3.44. The third kappa shape index (κ3) is 5.89. The molecule has 1 saturated heterocycles. The number of rotatable bonds is 9. The third-order valence-electron chi connectivity index (χ3n) is 8.69. The fourth-order valence-corrected chi connectivity index (χ4v) is 6.74. The molecule has 0 bridgehead atoms. The maximum absolute atomic E-state index is 9.91. The number of aliphatic imine (C=N–C) groups is 1. The summed E-state index contributed by atoms with van der Waals surface area (Å²) in [5.41, 5.74) is 4.03. The summed E-state index contributed by atoms with van der Waals surface area (Å²) in [6.07, 6.45) is 6.57. The quantitative estimate of drug-likeness (QED) is 0.379. The molecule has 3 heterocycles. The van der Waals surface area contributed by atoms with Gasteiger partial charge >= 0.3 is 0 Å². The van der Waals surface area contributed by atoms with E-state index in [-0.39, 0.29) is 0 Å². The van der Waals surface area contributed by atoms with Gasteiger partial charge in [0.1, 0.15) is 17.4 Å². The van der Waals surface area contributed by atoms with Crippen LogP contribution in [0.25, 0.3) is 0 Å². The molecule has 1 fully saturated rings. The Morgan fingerprint density at radius 1 is 0.750 bits per heavy atom. The molecule has 3 atom stereocenters. The Balaban J connectivity index is 1.32. The number of aromatic hydroxyl groups is 1. The van der Waals surface area contributed by atoms with Gasteiger partial charge in [-0.2, -0.15) is 0 Å². The van der Waals surface area contributed by atoms with Crippen LogP contribution in [0.2, 0.25) is 0 Å². The number of phenolic OH excluding ortho intramolecular Hbond substituents is 1. The summed E-state index contributed by atoms with van der Waals surface area (Å²) in [6, 6.07) is 30.7. The first-order valence-electron chi connectivity index (χ1n) is 15.0. The summed E-state index contributed by atoms with van der Waals surface area (Å²) in [4.78, 5) is 13.1. The highest BCUT2D eigenvalue weighted by Gasteiger charge is 2.42. The lowest BCUT2D eigenvalue weighted by molar-refractivity contribution is 0.210. The molecule has 3 aliphatic heterocycles. The van der Waals surface area contributed by atoms with Crippen molar-refractivity contribution in [2.24, 2.45) is 10.9 Å². The van der Waals surface area contributed by atoms with Gasteiger partial charge in [-0.1, -0.05) is 86.6 Å². The van der Waals surface area contributed by atoms with Gasteiger partial charge < -0.3 is 19.8 Å². The van der Waals surface area contributed by atoms with Crippen LogP contribution in [0.15, 0.2) is 102 Å². The zero-order valence-electron chi connectivity index (χ0n) is 23.9. The van der Waals surface area contributed by atoms with Gasteiger partial charge in [0.05, 0.1) is 18.6 Å². The van der Waals surface area contributed by atoms with E-state index in [9.17, 15) is 5.11 Å². The molecule has 3 aliphatic rings. The monoisotopic (exact) mass is 534 g/mol. The Kier molecular flexibility index (Phi) is 7.81. The molecule has 0 saturated carbocycles. The molecule has 3 aromatic rings. The standard InChI is InChI=1S/C35H42N4O/c1-26(2)19-31-25-39-32(21-29-13-15-33(40)16-14-29)24-38-30(20-28-11-7-4-8-12-28)23-36-34(38)22-35(39)37(31)18-17-27-9-5-3-6-10-27/h3-16,22,26,30-32,40H,17-21,23-25H2,1-2H3/t30-,31-,32-/m0/s1. The minimum Gasteiger partial charge on any atom is -0.508 e. The van der Waals surface area contributed by atoms with E-state index < -0.39 is 0 Å². The molecule has 0 radical (unpaired) electrons. The van der Waals surface area contributed by atoms with Crippen LogP contribution in [0.1, 0.15) is 37.0 Å².